The summed E-state index contributed by atoms with van der Waals surface area (Å²) in [4.78, 5) is 0. The maximum atomic E-state index is 2.51. The van der Waals surface area contributed by atoms with E-state index in [1.807, 2.05) is 0 Å². The molecule has 0 bridgehead atoms. The molecule has 0 aromatic carbocycles. The molecule has 0 saturated heterocycles. The van der Waals surface area contributed by atoms with Crippen molar-refractivity contribution in [2.75, 3.05) is 0 Å². The van der Waals surface area contributed by atoms with Crippen molar-refractivity contribution >= 4 is 0 Å². The minimum absolute atomic E-state index is 0.526. The highest BCUT2D eigenvalue weighted by Crippen LogP contribution is 2.46. The van der Waals surface area contributed by atoms with Gasteiger partial charge in [0.25, 0.3) is 0 Å². The largest absolute Gasteiger partial charge is 0.0654 e. The van der Waals surface area contributed by atoms with Crippen molar-refractivity contribution in [1.29, 1.82) is 0 Å². The van der Waals surface area contributed by atoms with Gasteiger partial charge >= 0.3 is 0 Å². The Morgan fingerprint density at radius 3 is 2.06 bits per heavy atom. The van der Waals surface area contributed by atoms with E-state index in [0.29, 0.717) is 5.41 Å². The lowest BCUT2D eigenvalue weighted by atomic mass is 9.61. The molecule has 0 spiro atoms. The summed E-state index contributed by atoms with van der Waals surface area (Å²) in [7, 11) is 0. The van der Waals surface area contributed by atoms with Gasteiger partial charge in [0, 0.05) is 0 Å². The zero-order valence-electron chi connectivity index (χ0n) is 12.2. The standard InChI is InChI=1S/C16H32/c1-6-10-15(16(4,5)13(2)3)14-11-8-7-9-12-14/h13-15H,6-12H2,1-5H3. The highest BCUT2D eigenvalue weighted by molar-refractivity contribution is 4.86. The molecule has 16 heavy (non-hydrogen) atoms. The smallest absolute Gasteiger partial charge is 0.0300 e. The van der Waals surface area contributed by atoms with Gasteiger partial charge in [0.15, 0.2) is 0 Å². The van der Waals surface area contributed by atoms with Gasteiger partial charge in [-0.1, -0.05) is 73.1 Å². The summed E-state index contributed by atoms with van der Waals surface area (Å²) in [5.41, 5.74) is 0.526. The molecule has 0 aromatic heterocycles. The first-order valence-electron chi connectivity index (χ1n) is 7.50. The van der Waals surface area contributed by atoms with Gasteiger partial charge in [-0.3, -0.25) is 0 Å². The Balaban J connectivity index is 2.71. The minimum atomic E-state index is 0.526. The zero-order chi connectivity index (χ0) is 12.2. The monoisotopic (exact) mass is 224 g/mol. The van der Waals surface area contributed by atoms with E-state index in [9.17, 15) is 0 Å². The fourth-order valence-electron chi connectivity index (χ4n) is 3.49. The second-order valence-corrected chi connectivity index (χ2v) is 6.77. The van der Waals surface area contributed by atoms with E-state index in [2.05, 4.69) is 34.6 Å². The first kappa shape index (κ1) is 14.1. The van der Waals surface area contributed by atoms with E-state index in [1.54, 1.807) is 0 Å². The summed E-state index contributed by atoms with van der Waals surface area (Å²) in [6.45, 7) is 12.2. The lowest BCUT2D eigenvalue weighted by molar-refractivity contribution is 0.0573. The molecule has 96 valence electrons. The van der Waals surface area contributed by atoms with Crippen LogP contribution in [0, 0.1) is 23.2 Å². The first-order chi connectivity index (χ1) is 7.50. The average molecular weight is 224 g/mol. The van der Waals surface area contributed by atoms with Crippen molar-refractivity contribution < 1.29 is 0 Å². The van der Waals surface area contributed by atoms with Crippen molar-refractivity contribution in [2.24, 2.45) is 23.2 Å². The van der Waals surface area contributed by atoms with Crippen molar-refractivity contribution in [2.45, 2.75) is 79.6 Å². The van der Waals surface area contributed by atoms with Gasteiger partial charge in [-0.15, -0.1) is 0 Å². The predicted octanol–water partition coefficient (Wildman–Crippen LogP) is 5.67. The topological polar surface area (TPSA) is 0 Å². The molecule has 0 heterocycles. The van der Waals surface area contributed by atoms with Gasteiger partial charge in [-0.2, -0.15) is 0 Å². The highest BCUT2D eigenvalue weighted by atomic mass is 14.4. The Morgan fingerprint density at radius 1 is 1.06 bits per heavy atom. The van der Waals surface area contributed by atoms with Gasteiger partial charge in [-0.05, 0) is 29.6 Å². The summed E-state index contributed by atoms with van der Waals surface area (Å²) in [6.07, 6.45) is 10.3. The Hall–Kier alpha value is 0. The van der Waals surface area contributed by atoms with E-state index in [0.717, 1.165) is 17.8 Å². The molecule has 1 fully saturated rings. The molecular weight excluding hydrogens is 192 g/mol. The number of hydrogen-bond acceptors (Lipinski definition) is 0. The van der Waals surface area contributed by atoms with Gasteiger partial charge in [0.2, 0.25) is 0 Å². The molecule has 0 nitrogen and oxygen atoms in total. The fraction of sp³-hybridized carbons (Fsp3) is 1.00. The predicted molar refractivity (Wildman–Crippen MR) is 73.6 cm³/mol. The van der Waals surface area contributed by atoms with Crippen LogP contribution in [0.5, 0.6) is 0 Å². The summed E-state index contributed by atoms with van der Waals surface area (Å²) in [5.74, 6) is 2.79. The zero-order valence-corrected chi connectivity index (χ0v) is 12.2. The number of hydrogen-bond donors (Lipinski definition) is 0. The van der Waals surface area contributed by atoms with Gasteiger partial charge < -0.3 is 0 Å². The molecule has 0 radical (unpaired) electrons. The summed E-state index contributed by atoms with van der Waals surface area (Å²) in [5, 5.41) is 0. The summed E-state index contributed by atoms with van der Waals surface area (Å²) in [6, 6.07) is 0. The lowest BCUT2D eigenvalue weighted by Gasteiger charge is -2.44. The molecule has 1 aliphatic rings. The minimum Gasteiger partial charge on any atom is -0.0654 e. The summed E-state index contributed by atoms with van der Waals surface area (Å²) < 4.78 is 0. The van der Waals surface area contributed by atoms with Crippen LogP contribution in [0.1, 0.15) is 79.6 Å². The van der Waals surface area contributed by atoms with Crippen molar-refractivity contribution in [1.82, 2.24) is 0 Å². The fourth-order valence-corrected chi connectivity index (χ4v) is 3.49. The summed E-state index contributed by atoms with van der Waals surface area (Å²) >= 11 is 0. The number of rotatable bonds is 5. The van der Waals surface area contributed by atoms with Gasteiger partial charge in [0.05, 0.1) is 0 Å². The van der Waals surface area contributed by atoms with E-state index in [-0.39, 0.29) is 0 Å². The quantitative estimate of drug-likeness (QED) is 0.565. The second kappa shape index (κ2) is 6.07. The molecule has 1 rings (SSSR count). The van der Waals surface area contributed by atoms with E-state index >= 15 is 0 Å². The Labute approximate surface area is 103 Å². The van der Waals surface area contributed by atoms with E-state index in [4.69, 9.17) is 0 Å². The average Bonchev–Trinajstić information content (AvgIpc) is 2.26. The second-order valence-electron chi connectivity index (χ2n) is 6.77. The molecule has 1 unspecified atom stereocenters. The van der Waals surface area contributed by atoms with Gasteiger partial charge in [-0.25, -0.2) is 0 Å². The molecule has 1 aliphatic carbocycles. The molecule has 0 amide bonds. The maximum absolute atomic E-state index is 2.51. The highest BCUT2D eigenvalue weighted by Gasteiger charge is 2.37. The van der Waals surface area contributed by atoms with Crippen LogP contribution >= 0.6 is 0 Å². The molecular formula is C16H32. The Kier molecular flexibility index (Phi) is 5.34. The van der Waals surface area contributed by atoms with Crippen LogP contribution in [0.15, 0.2) is 0 Å². The van der Waals surface area contributed by atoms with Crippen LogP contribution in [-0.4, -0.2) is 0 Å². The van der Waals surface area contributed by atoms with Crippen molar-refractivity contribution in [3.8, 4) is 0 Å². The van der Waals surface area contributed by atoms with E-state index < -0.39 is 0 Å². The molecule has 0 heteroatoms. The van der Waals surface area contributed by atoms with Crippen LogP contribution < -0.4 is 0 Å². The van der Waals surface area contributed by atoms with Crippen molar-refractivity contribution in [3.63, 3.8) is 0 Å². The first-order valence-corrected chi connectivity index (χ1v) is 7.50. The molecule has 0 N–H and O–H groups in total. The van der Waals surface area contributed by atoms with Crippen molar-refractivity contribution in [3.05, 3.63) is 0 Å². The van der Waals surface area contributed by atoms with Crippen LogP contribution in [0.4, 0.5) is 0 Å². The normalized spacial score (nSPS) is 21.4. The third-order valence-electron chi connectivity index (χ3n) is 5.26. The molecule has 0 aromatic rings. The SMILES string of the molecule is CCCC(C1CCCCC1)C(C)(C)C(C)C. The Bertz CT molecular complexity index is 184. The molecule has 0 aliphatic heterocycles. The van der Waals surface area contributed by atoms with Crippen LogP contribution in [0.3, 0.4) is 0 Å². The van der Waals surface area contributed by atoms with E-state index in [1.165, 1.54) is 44.9 Å². The third-order valence-corrected chi connectivity index (χ3v) is 5.26. The third kappa shape index (κ3) is 3.25. The van der Waals surface area contributed by atoms with Gasteiger partial charge in [0.1, 0.15) is 0 Å². The van der Waals surface area contributed by atoms with Crippen LogP contribution in [0.2, 0.25) is 0 Å². The molecule has 1 atom stereocenters. The lowest BCUT2D eigenvalue weighted by Crippen LogP contribution is -2.35. The Morgan fingerprint density at radius 2 is 1.62 bits per heavy atom. The maximum Gasteiger partial charge on any atom is -0.0300 e. The van der Waals surface area contributed by atoms with Crippen LogP contribution in [-0.2, 0) is 0 Å². The van der Waals surface area contributed by atoms with Crippen LogP contribution in [0.25, 0.3) is 0 Å². The molecule has 1 saturated carbocycles.